The summed E-state index contributed by atoms with van der Waals surface area (Å²) in [4.78, 5) is 16.7. The van der Waals surface area contributed by atoms with Crippen LogP contribution in [0.15, 0.2) is 40.9 Å². The van der Waals surface area contributed by atoms with Gasteiger partial charge in [-0.2, -0.15) is 0 Å². The minimum Gasteiger partial charge on any atom is -0.494 e. The van der Waals surface area contributed by atoms with E-state index in [0.717, 1.165) is 11.1 Å². The van der Waals surface area contributed by atoms with E-state index in [1.165, 1.54) is 7.11 Å². The lowest BCUT2D eigenvalue weighted by Gasteiger charge is -2.09. The monoisotopic (exact) mass is 338 g/mol. The molecule has 1 aromatic carbocycles. The molecule has 1 N–H and O–H groups in total. The van der Waals surface area contributed by atoms with Crippen LogP contribution in [0.3, 0.4) is 0 Å². The summed E-state index contributed by atoms with van der Waals surface area (Å²) in [6, 6.07) is 8.96. The predicted molar refractivity (Wildman–Crippen MR) is 92.6 cm³/mol. The van der Waals surface area contributed by atoms with Crippen molar-refractivity contribution in [3.05, 3.63) is 53.7 Å². The number of nitrogens with zero attached hydrogens (tertiary/aromatic N) is 3. The highest BCUT2D eigenvalue weighted by molar-refractivity contribution is 6.04. The van der Waals surface area contributed by atoms with Gasteiger partial charge in [0.1, 0.15) is 5.75 Å². The van der Waals surface area contributed by atoms with Gasteiger partial charge in [-0.1, -0.05) is 13.0 Å². The number of benzene rings is 1. The first-order chi connectivity index (χ1) is 12.1. The smallest absolute Gasteiger partial charge is 0.278 e. The molecule has 2 heterocycles. The zero-order valence-corrected chi connectivity index (χ0v) is 14.2. The van der Waals surface area contributed by atoms with E-state index in [0.29, 0.717) is 29.6 Å². The van der Waals surface area contributed by atoms with E-state index in [1.54, 1.807) is 30.5 Å². The Hall–Kier alpha value is -3.22. The molecular formula is C18H18N4O3. The van der Waals surface area contributed by atoms with Gasteiger partial charge in [-0.15, -0.1) is 10.2 Å². The van der Waals surface area contributed by atoms with Gasteiger partial charge in [0, 0.05) is 23.9 Å². The number of aryl methyl sites for hydroxylation is 2. The fourth-order valence-electron chi connectivity index (χ4n) is 2.30. The van der Waals surface area contributed by atoms with Crippen molar-refractivity contribution < 1.29 is 13.9 Å². The van der Waals surface area contributed by atoms with Crippen LogP contribution in [-0.4, -0.2) is 28.2 Å². The quantitative estimate of drug-likeness (QED) is 0.768. The summed E-state index contributed by atoms with van der Waals surface area (Å²) in [5, 5.41) is 10.8. The van der Waals surface area contributed by atoms with Crippen LogP contribution in [-0.2, 0) is 6.42 Å². The maximum Gasteiger partial charge on any atom is 0.278 e. The fraction of sp³-hybridized carbons (Fsp3) is 0.222. The molecule has 0 aliphatic heterocycles. The molecule has 3 rings (SSSR count). The van der Waals surface area contributed by atoms with Crippen molar-refractivity contribution in [2.45, 2.75) is 20.3 Å². The third-order valence-electron chi connectivity index (χ3n) is 3.56. The Labute approximate surface area is 145 Å². The molecule has 0 fully saturated rings. The largest absolute Gasteiger partial charge is 0.494 e. The van der Waals surface area contributed by atoms with Crippen LogP contribution in [0, 0.1) is 6.92 Å². The molecule has 7 nitrogen and oxygen atoms in total. The van der Waals surface area contributed by atoms with E-state index in [4.69, 9.17) is 9.15 Å². The van der Waals surface area contributed by atoms with Gasteiger partial charge >= 0.3 is 0 Å². The van der Waals surface area contributed by atoms with Crippen LogP contribution >= 0.6 is 0 Å². The highest BCUT2D eigenvalue weighted by Gasteiger charge is 2.15. The number of ether oxygens (including phenoxy) is 1. The Morgan fingerprint density at radius 3 is 2.84 bits per heavy atom. The maximum atomic E-state index is 12.5. The molecule has 128 valence electrons. The normalized spacial score (nSPS) is 10.5. The van der Waals surface area contributed by atoms with Crippen molar-refractivity contribution in [2.75, 3.05) is 12.4 Å². The Kier molecular flexibility index (Phi) is 4.74. The molecule has 0 atom stereocenters. The Balaban J connectivity index is 1.83. The van der Waals surface area contributed by atoms with Gasteiger partial charge in [-0.3, -0.25) is 4.79 Å². The zero-order valence-electron chi connectivity index (χ0n) is 14.2. The molecule has 0 saturated heterocycles. The van der Waals surface area contributed by atoms with Crippen molar-refractivity contribution in [3.63, 3.8) is 0 Å². The van der Waals surface area contributed by atoms with E-state index in [9.17, 15) is 4.79 Å². The van der Waals surface area contributed by atoms with E-state index >= 15 is 0 Å². The van der Waals surface area contributed by atoms with Crippen LogP contribution < -0.4 is 10.1 Å². The summed E-state index contributed by atoms with van der Waals surface area (Å²) in [6.07, 6.45) is 2.29. The van der Waals surface area contributed by atoms with Crippen LogP contribution in [0.4, 0.5) is 5.69 Å². The average molecular weight is 338 g/mol. The lowest BCUT2D eigenvalue weighted by molar-refractivity contribution is 0.101. The third-order valence-corrected chi connectivity index (χ3v) is 3.56. The number of methoxy groups -OCH3 is 1. The SMILES string of the molecule is CCc1nnc(-c2cccc(NC(=O)c3ncc(C)cc3OC)c2)o1. The first-order valence-corrected chi connectivity index (χ1v) is 7.85. The number of anilines is 1. The number of nitrogens with one attached hydrogen (secondary N) is 1. The number of hydrogen-bond donors (Lipinski definition) is 1. The lowest BCUT2D eigenvalue weighted by atomic mass is 10.2. The van der Waals surface area contributed by atoms with Gasteiger partial charge in [0.25, 0.3) is 5.91 Å². The number of carbonyl (C=O) groups is 1. The van der Waals surface area contributed by atoms with Gasteiger partial charge in [-0.05, 0) is 36.8 Å². The van der Waals surface area contributed by atoms with Crippen molar-refractivity contribution in [2.24, 2.45) is 0 Å². The van der Waals surface area contributed by atoms with E-state index in [-0.39, 0.29) is 11.6 Å². The second-order valence-electron chi connectivity index (χ2n) is 5.45. The highest BCUT2D eigenvalue weighted by Crippen LogP contribution is 2.23. The minimum absolute atomic E-state index is 0.226. The molecule has 0 radical (unpaired) electrons. The number of pyridine rings is 1. The second kappa shape index (κ2) is 7.12. The molecule has 0 spiro atoms. The molecule has 2 aromatic heterocycles. The minimum atomic E-state index is -0.353. The zero-order chi connectivity index (χ0) is 17.8. The predicted octanol–water partition coefficient (Wildman–Crippen LogP) is 3.26. The van der Waals surface area contributed by atoms with Gasteiger partial charge in [0.2, 0.25) is 11.8 Å². The molecule has 3 aromatic rings. The van der Waals surface area contributed by atoms with Crippen LogP contribution in [0.2, 0.25) is 0 Å². The topological polar surface area (TPSA) is 90.1 Å². The maximum absolute atomic E-state index is 12.5. The van der Waals surface area contributed by atoms with Crippen molar-refractivity contribution >= 4 is 11.6 Å². The number of aromatic nitrogens is 3. The van der Waals surface area contributed by atoms with Crippen LogP contribution in [0.5, 0.6) is 5.75 Å². The summed E-state index contributed by atoms with van der Waals surface area (Å²) < 4.78 is 10.8. The third kappa shape index (κ3) is 3.65. The number of hydrogen-bond acceptors (Lipinski definition) is 6. The molecule has 7 heteroatoms. The van der Waals surface area contributed by atoms with Gasteiger partial charge in [0.15, 0.2) is 5.69 Å². The first-order valence-electron chi connectivity index (χ1n) is 7.85. The Bertz CT molecular complexity index is 905. The van der Waals surface area contributed by atoms with E-state index in [1.807, 2.05) is 19.9 Å². The van der Waals surface area contributed by atoms with Gasteiger partial charge in [-0.25, -0.2) is 4.98 Å². The highest BCUT2D eigenvalue weighted by atomic mass is 16.5. The molecule has 1 amide bonds. The van der Waals surface area contributed by atoms with E-state index < -0.39 is 0 Å². The number of amides is 1. The molecule has 0 saturated carbocycles. The molecule has 0 aliphatic rings. The number of carbonyl (C=O) groups excluding carboxylic acids is 1. The van der Waals surface area contributed by atoms with E-state index in [2.05, 4.69) is 20.5 Å². The lowest BCUT2D eigenvalue weighted by Crippen LogP contribution is -2.15. The molecule has 0 unspecified atom stereocenters. The van der Waals surface area contributed by atoms with Gasteiger partial charge < -0.3 is 14.5 Å². The van der Waals surface area contributed by atoms with Crippen molar-refractivity contribution in [1.82, 2.24) is 15.2 Å². The molecule has 25 heavy (non-hydrogen) atoms. The number of rotatable bonds is 5. The molecular weight excluding hydrogens is 320 g/mol. The van der Waals surface area contributed by atoms with Crippen LogP contribution in [0.1, 0.15) is 28.9 Å². The molecule has 0 bridgehead atoms. The molecule has 0 aliphatic carbocycles. The summed E-state index contributed by atoms with van der Waals surface area (Å²) in [7, 11) is 1.51. The average Bonchev–Trinajstić information content (AvgIpc) is 3.11. The van der Waals surface area contributed by atoms with Gasteiger partial charge in [0.05, 0.1) is 7.11 Å². The Morgan fingerprint density at radius 2 is 2.12 bits per heavy atom. The standard InChI is InChI=1S/C18H18N4O3/c1-4-15-21-22-18(25-15)12-6-5-7-13(9-12)20-17(23)16-14(24-3)8-11(2)10-19-16/h5-10H,4H2,1-3H3,(H,20,23). The first kappa shape index (κ1) is 16.6. The summed E-state index contributed by atoms with van der Waals surface area (Å²) >= 11 is 0. The second-order valence-corrected chi connectivity index (χ2v) is 5.45. The summed E-state index contributed by atoms with van der Waals surface area (Å²) in [5.41, 5.74) is 2.47. The van der Waals surface area contributed by atoms with Crippen LogP contribution in [0.25, 0.3) is 11.5 Å². The summed E-state index contributed by atoms with van der Waals surface area (Å²) in [6.45, 7) is 3.82. The summed E-state index contributed by atoms with van der Waals surface area (Å²) in [5.74, 6) is 1.06. The Morgan fingerprint density at radius 1 is 1.28 bits per heavy atom. The fourth-order valence-corrected chi connectivity index (χ4v) is 2.30. The van der Waals surface area contributed by atoms with Crippen molar-refractivity contribution in [1.29, 1.82) is 0 Å². The van der Waals surface area contributed by atoms with Crippen molar-refractivity contribution in [3.8, 4) is 17.2 Å².